The van der Waals surface area contributed by atoms with E-state index < -0.39 is 0 Å². The molecule has 1 aromatic heterocycles. The van der Waals surface area contributed by atoms with Gasteiger partial charge in [0.2, 0.25) is 0 Å². The van der Waals surface area contributed by atoms with E-state index in [9.17, 15) is 0 Å². The summed E-state index contributed by atoms with van der Waals surface area (Å²) in [6.07, 6.45) is 2.40. The zero-order valence-corrected chi connectivity index (χ0v) is 13.1. The monoisotopic (exact) mass is 292 g/mol. The fourth-order valence-corrected chi connectivity index (χ4v) is 2.44. The second-order valence-corrected chi connectivity index (χ2v) is 5.68. The minimum absolute atomic E-state index is 0.176. The topological polar surface area (TPSA) is 42.7 Å². The zero-order valence-electron chi connectivity index (χ0n) is 12.4. The van der Waals surface area contributed by atoms with Crippen molar-refractivity contribution in [3.8, 4) is 0 Å². The second-order valence-electron chi connectivity index (χ2n) is 5.27. The lowest BCUT2D eigenvalue weighted by molar-refractivity contribution is 0.478. The minimum Gasteiger partial charge on any atom is -0.313 e. The van der Waals surface area contributed by atoms with Crippen molar-refractivity contribution in [2.45, 2.75) is 39.3 Å². The van der Waals surface area contributed by atoms with Crippen molar-refractivity contribution < 1.29 is 0 Å². The standard InChI is InChI=1S/C15H21ClN4/c1-10(2)20-15(18-9-19-20)8-14(17-4)12-6-5-11(3)13(16)7-12/h5-7,9-10,14,17H,8H2,1-4H3. The average Bonchev–Trinajstić information content (AvgIpc) is 2.87. The predicted molar refractivity (Wildman–Crippen MR) is 82.1 cm³/mol. The molecule has 0 aliphatic heterocycles. The van der Waals surface area contributed by atoms with Gasteiger partial charge in [-0.2, -0.15) is 5.10 Å². The van der Waals surface area contributed by atoms with Crippen LogP contribution in [0.25, 0.3) is 0 Å². The Labute approximate surface area is 125 Å². The number of rotatable bonds is 5. The number of aromatic nitrogens is 3. The van der Waals surface area contributed by atoms with E-state index in [0.717, 1.165) is 22.8 Å². The van der Waals surface area contributed by atoms with Crippen LogP contribution in [0.4, 0.5) is 0 Å². The van der Waals surface area contributed by atoms with Crippen molar-refractivity contribution in [3.63, 3.8) is 0 Å². The van der Waals surface area contributed by atoms with Crippen LogP contribution >= 0.6 is 11.6 Å². The van der Waals surface area contributed by atoms with Crippen molar-refractivity contribution in [1.29, 1.82) is 0 Å². The molecule has 1 N–H and O–H groups in total. The third-order valence-electron chi connectivity index (χ3n) is 3.47. The van der Waals surface area contributed by atoms with Gasteiger partial charge in [-0.15, -0.1) is 0 Å². The molecule has 1 unspecified atom stereocenters. The van der Waals surface area contributed by atoms with Crippen LogP contribution in [0.15, 0.2) is 24.5 Å². The summed E-state index contributed by atoms with van der Waals surface area (Å²) in [5.74, 6) is 0.982. The smallest absolute Gasteiger partial charge is 0.138 e. The molecule has 2 rings (SSSR count). The molecular formula is C15H21ClN4. The maximum Gasteiger partial charge on any atom is 0.138 e. The molecule has 0 spiro atoms. The van der Waals surface area contributed by atoms with E-state index in [4.69, 9.17) is 11.6 Å². The normalized spacial score (nSPS) is 12.9. The molecule has 1 atom stereocenters. The Hall–Kier alpha value is -1.39. The van der Waals surface area contributed by atoms with E-state index in [0.29, 0.717) is 6.04 Å². The molecule has 0 saturated heterocycles. The van der Waals surface area contributed by atoms with Crippen LogP contribution in [0.5, 0.6) is 0 Å². The predicted octanol–water partition coefficient (Wildman–Crippen LogP) is 3.32. The molecule has 0 amide bonds. The molecule has 0 fully saturated rings. The third kappa shape index (κ3) is 3.19. The first-order valence-electron chi connectivity index (χ1n) is 6.84. The molecule has 0 saturated carbocycles. The molecule has 4 nitrogen and oxygen atoms in total. The van der Waals surface area contributed by atoms with Gasteiger partial charge < -0.3 is 5.32 Å². The molecule has 0 bridgehead atoms. The Morgan fingerprint density at radius 3 is 2.70 bits per heavy atom. The van der Waals surface area contributed by atoms with Crippen LogP contribution in [0.2, 0.25) is 5.02 Å². The number of nitrogens with zero attached hydrogens (tertiary/aromatic N) is 3. The molecule has 1 heterocycles. The molecular weight excluding hydrogens is 272 g/mol. The summed E-state index contributed by atoms with van der Waals surface area (Å²) in [6.45, 7) is 6.22. The Balaban J connectivity index is 2.24. The lowest BCUT2D eigenvalue weighted by Crippen LogP contribution is -2.21. The highest BCUT2D eigenvalue weighted by Gasteiger charge is 2.16. The number of aryl methyl sites for hydroxylation is 1. The number of halogens is 1. The SMILES string of the molecule is CNC(Cc1ncnn1C(C)C)c1ccc(C)c(Cl)c1. The van der Waals surface area contributed by atoms with Gasteiger partial charge in [-0.05, 0) is 45.0 Å². The highest BCUT2D eigenvalue weighted by molar-refractivity contribution is 6.31. The number of hydrogen-bond donors (Lipinski definition) is 1. The van der Waals surface area contributed by atoms with Gasteiger partial charge in [-0.1, -0.05) is 23.7 Å². The molecule has 5 heteroatoms. The summed E-state index contributed by atoms with van der Waals surface area (Å²) in [5, 5.41) is 8.41. The average molecular weight is 293 g/mol. The Bertz CT molecular complexity index is 577. The van der Waals surface area contributed by atoms with Gasteiger partial charge in [0, 0.05) is 23.5 Å². The lowest BCUT2D eigenvalue weighted by Gasteiger charge is -2.18. The summed E-state index contributed by atoms with van der Waals surface area (Å²) in [5.41, 5.74) is 2.26. The van der Waals surface area contributed by atoms with Gasteiger partial charge in [0.25, 0.3) is 0 Å². The first kappa shape index (κ1) is 15.0. The van der Waals surface area contributed by atoms with E-state index in [2.05, 4.69) is 41.4 Å². The number of nitrogens with one attached hydrogen (secondary N) is 1. The fraction of sp³-hybridized carbons (Fsp3) is 0.467. The maximum absolute atomic E-state index is 6.22. The van der Waals surface area contributed by atoms with Gasteiger partial charge >= 0.3 is 0 Å². The van der Waals surface area contributed by atoms with Crippen molar-refractivity contribution in [2.24, 2.45) is 0 Å². The van der Waals surface area contributed by atoms with E-state index in [-0.39, 0.29) is 6.04 Å². The third-order valence-corrected chi connectivity index (χ3v) is 3.88. The summed E-state index contributed by atoms with van der Waals surface area (Å²) in [7, 11) is 1.95. The first-order chi connectivity index (χ1) is 9.52. The van der Waals surface area contributed by atoms with E-state index in [1.54, 1.807) is 6.33 Å². The zero-order chi connectivity index (χ0) is 14.7. The van der Waals surface area contributed by atoms with E-state index in [1.165, 1.54) is 5.56 Å². The Kier molecular flexibility index (Phi) is 4.78. The van der Waals surface area contributed by atoms with Gasteiger partial charge in [0.1, 0.15) is 12.2 Å². The Morgan fingerprint density at radius 2 is 2.10 bits per heavy atom. The van der Waals surface area contributed by atoms with Crippen LogP contribution in [0.3, 0.4) is 0 Å². The minimum atomic E-state index is 0.176. The molecule has 20 heavy (non-hydrogen) atoms. The summed E-state index contributed by atoms with van der Waals surface area (Å²) < 4.78 is 1.96. The largest absolute Gasteiger partial charge is 0.313 e. The van der Waals surface area contributed by atoms with Gasteiger partial charge in [-0.3, -0.25) is 0 Å². The van der Waals surface area contributed by atoms with Crippen molar-refractivity contribution in [2.75, 3.05) is 7.05 Å². The lowest BCUT2D eigenvalue weighted by atomic mass is 10.0. The van der Waals surface area contributed by atoms with Crippen molar-refractivity contribution in [3.05, 3.63) is 46.5 Å². The fourth-order valence-electron chi connectivity index (χ4n) is 2.25. The van der Waals surface area contributed by atoms with Crippen LogP contribution in [-0.2, 0) is 6.42 Å². The number of benzene rings is 1. The molecule has 0 aliphatic carbocycles. The van der Waals surface area contributed by atoms with Gasteiger partial charge in [-0.25, -0.2) is 9.67 Å². The van der Waals surface area contributed by atoms with Crippen LogP contribution < -0.4 is 5.32 Å². The molecule has 108 valence electrons. The highest BCUT2D eigenvalue weighted by Crippen LogP contribution is 2.23. The molecule has 1 aromatic carbocycles. The molecule has 2 aromatic rings. The van der Waals surface area contributed by atoms with Crippen molar-refractivity contribution >= 4 is 11.6 Å². The van der Waals surface area contributed by atoms with Crippen LogP contribution in [-0.4, -0.2) is 21.8 Å². The maximum atomic E-state index is 6.22. The summed E-state index contributed by atoms with van der Waals surface area (Å²) >= 11 is 6.22. The van der Waals surface area contributed by atoms with Gasteiger partial charge in [0.15, 0.2) is 0 Å². The number of hydrogen-bond acceptors (Lipinski definition) is 3. The summed E-state index contributed by atoms with van der Waals surface area (Å²) in [4.78, 5) is 4.37. The summed E-state index contributed by atoms with van der Waals surface area (Å²) in [6, 6.07) is 6.67. The van der Waals surface area contributed by atoms with Crippen molar-refractivity contribution in [1.82, 2.24) is 20.1 Å². The number of likely N-dealkylation sites (N-methyl/N-ethyl adjacent to an activating group) is 1. The highest BCUT2D eigenvalue weighted by atomic mass is 35.5. The molecule has 0 radical (unpaired) electrons. The first-order valence-corrected chi connectivity index (χ1v) is 7.22. The molecule has 0 aliphatic rings. The van der Waals surface area contributed by atoms with E-state index >= 15 is 0 Å². The Morgan fingerprint density at radius 1 is 1.35 bits per heavy atom. The second kappa shape index (κ2) is 6.37. The van der Waals surface area contributed by atoms with Crippen LogP contribution in [0, 0.1) is 6.92 Å². The van der Waals surface area contributed by atoms with Crippen LogP contribution in [0.1, 0.15) is 42.9 Å². The van der Waals surface area contributed by atoms with Gasteiger partial charge in [0.05, 0.1) is 0 Å². The quantitative estimate of drug-likeness (QED) is 0.919. The van der Waals surface area contributed by atoms with E-state index in [1.807, 2.05) is 24.7 Å².